The monoisotopic (exact) mass is 138 g/mol. The van der Waals surface area contributed by atoms with Crippen LogP contribution in [0.4, 0.5) is 0 Å². The van der Waals surface area contributed by atoms with Gasteiger partial charge in [-0.25, -0.2) is 4.98 Å². The molecule has 10 heavy (non-hydrogen) atoms. The molecule has 0 saturated carbocycles. The second kappa shape index (κ2) is 1.75. The molecule has 1 aromatic rings. The van der Waals surface area contributed by atoms with Gasteiger partial charge in [0.2, 0.25) is 0 Å². The Hall–Kier alpha value is -0.990. The van der Waals surface area contributed by atoms with E-state index in [2.05, 4.69) is 4.98 Å². The Morgan fingerprint density at radius 2 is 2.60 bits per heavy atom. The molecule has 0 saturated heterocycles. The Labute approximate surface area is 59.6 Å². The van der Waals surface area contributed by atoms with Crippen LogP contribution in [0.2, 0.25) is 0 Å². The largest absolute Gasteiger partial charge is 0.460 e. The third-order valence-corrected chi connectivity index (χ3v) is 1.62. The molecule has 0 radical (unpaired) electrons. The number of fused-ring (bicyclic) bond motifs is 1. The molecule has 1 atom stereocenters. The van der Waals surface area contributed by atoms with Crippen LogP contribution in [-0.2, 0) is 6.54 Å². The molecule has 1 unspecified atom stereocenters. The van der Waals surface area contributed by atoms with E-state index in [0.717, 1.165) is 18.2 Å². The first kappa shape index (κ1) is 5.77. The molecule has 1 aromatic heterocycles. The van der Waals surface area contributed by atoms with Crippen LogP contribution in [0.1, 0.15) is 12.6 Å². The fraction of sp³-hybridized carbons (Fsp3) is 0.571. The first-order chi connectivity index (χ1) is 4.75. The van der Waals surface area contributed by atoms with E-state index in [1.165, 1.54) is 0 Å². The van der Waals surface area contributed by atoms with Crippen LogP contribution >= 0.6 is 0 Å². The molecule has 0 aliphatic carbocycles. The highest BCUT2D eigenvalue weighted by molar-refractivity contribution is 5.10. The fourth-order valence-corrected chi connectivity index (χ4v) is 1.24. The quantitative estimate of drug-likeness (QED) is 0.534. The van der Waals surface area contributed by atoms with Crippen molar-refractivity contribution in [2.75, 3.05) is 0 Å². The predicted molar refractivity (Wildman–Crippen MR) is 37.1 cm³/mol. The molecule has 54 valence electrons. The Balaban J connectivity index is 2.39. The van der Waals surface area contributed by atoms with E-state index in [0.29, 0.717) is 6.10 Å². The maximum absolute atomic E-state index is 5.38. The summed E-state index contributed by atoms with van der Waals surface area (Å²) in [6.45, 7) is 4.96. The van der Waals surface area contributed by atoms with E-state index in [-0.39, 0.29) is 0 Å². The van der Waals surface area contributed by atoms with Crippen molar-refractivity contribution in [3.63, 3.8) is 0 Å². The molecule has 0 N–H and O–H groups in total. The van der Waals surface area contributed by atoms with Gasteiger partial charge in [0.15, 0.2) is 0 Å². The highest BCUT2D eigenvalue weighted by atomic mass is 16.5. The Bertz CT molecular complexity index is 231. The van der Waals surface area contributed by atoms with E-state index in [1.54, 1.807) is 0 Å². The van der Waals surface area contributed by atoms with Crippen molar-refractivity contribution < 1.29 is 4.74 Å². The summed E-state index contributed by atoms with van der Waals surface area (Å²) >= 11 is 0. The summed E-state index contributed by atoms with van der Waals surface area (Å²) in [6, 6.07) is 0.769. The summed E-state index contributed by atoms with van der Waals surface area (Å²) in [6.07, 6.45) is 2.31. The fourth-order valence-electron chi connectivity index (χ4n) is 1.24. The molecule has 0 aromatic carbocycles. The van der Waals surface area contributed by atoms with Crippen LogP contribution in [0.25, 0.3) is 0 Å². The summed E-state index contributed by atoms with van der Waals surface area (Å²) < 4.78 is 7.42. The molecule has 0 spiro atoms. The lowest BCUT2D eigenvalue weighted by Crippen LogP contribution is -2.08. The Morgan fingerprint density at radius 1 is 1.80 bits per heavy atom. The van der Waals surface area contributed by atoms with E-state index in [4.69, 9.17) is 4.74 Å². The van der Waals surface area contributed by atoms with Gasteiger partial charge in [-0.3, -0.25) is 4.57 Å². The van der Waals surface area contributed by atoms with Crippen LogP contribution in [-0.4, -0.2) is 15.7 Å². The van der Waals surface area contributed by atoms with Crippen LogP contribution in [0.5, 0.6) is 6.01 Å². The average Bonchev–Trinajstić information content (AvgIpc) is 2.21. The molecule has 2 heterocycles. The zero-order valence-electron chi connectivity index (χ0n) is 6.16. The Kier molecular flexibility index (Phi) is 1.01. The van der Waals surface area contributed by atoms with Gasteiger partial charge in [0, 0.05) is 6.20 Å². The molecule has 0 fully saturated rings. The van der Waals surface area contributed by atoms with E-state index in [9.17, 15) is 0 Å². The van der Waals surface area contributed by atoms with Crippen LogP contribution in [0, 0.1) is 6.92 Å². The zero-order chi connectivity index (χ0) is 7.14. The van der Waals surface area contributed by atoms with Gasteiger partial charge in [0.1, 0.15) is 6.10 Å². The lowest BCUT2D eigenvalue weighted by atomic mass is 10.4. The van der Waals surface area contributed by atoms with Gasteiger partial charge in [0.25, 0.3) is 6.01 Å². The molecule has 3 nitrogen and oxygen atoms in total. The van der Waals surface area contributed by atoms with Gasteiger partial charge in [-0.05, 0) is 13.8 Å². The lowest BCUT2D eigenvalue weighted by Gasteiger charge is -1.97. The highest BCUT2D eigenvalue weighted by Gasteiger charge is 2.19. The van der Waals surface area contributed by atoms with Crippen molar-refractivity contribution in [2.45, 2.75) is 26.5 Å². The highest BCUT2D eigenvalue weighted by Crippen LogP contribution is 2.19. The summed E-state index contributed by atoms with van der Waals surface area (Å²) in [4.78, 5) is 4.18. The van der Waals surface area contributed by atoms with Crippen molar-refractivity contribution in [3.05, 3.63) is 11.9 Å². The maximum atomic E-state index is 5.38. The number of hydrogen-bond acceptors (Lipinski definition) is 2. The summed E-state index contributed by atoms with van der Waals surface area (Å²) in [5.74, 6) is 0. The summed E-state index contributed by atoms with van der Waals surface area (Å²) in [7, 11) is 0. The zero-order valence-corrected chi connectivity index (χ0v) is 6.16. The molecule has 2 rings (SSSR count). The SMILES string of the molecule is Cc1cn2c(n1)OC(C)C2. The van der Waals surface area contributed by atoms with Gasteiger partial charge >= 0.3 is 0 Å². The second-order valence-corrected chi connectivity index (χ2v) is 2.75. The van der Waals surface area contributed by atoms with Crippen LogP contribution < -0.4 is 4.74 Å². The third kappa shape index (κ3) is 0.701. The molecule has 3 heteroatoms. The van der Waals surface area contributed by atoms with Crippen LogP contribution in [0.3, 0.4) is 0 Å². The number of aromatic nitrogens is 2. The molecular weight excluding hydrogens is 128 g/mol. The molecule has 1 aliphatic heterocycles. The number of hydrogen-bond donors (Lipinski definition) is 0. The topological polar surface area (TPSA) is 27.1 Å². The standard InChI is InChI=1S/C7H10N2O/c1-5-3-9-4-6(2)10-7(9)8-5/h3,6H,4H2,1-2H3. The lowest BCUT2D eigenvalue weighted by molar-refractivity contribution is 0.245. The van der Waals surface area contributed by atoms with Gasteiger partial charge in [0.05, 0.1) is 12.2 Å². The van der Waals surface area contributed by atoms with Crippen molar-refractivity contribution in [1.29, 1.82) is 0 Å². The van der Waals surface area contributed by atoms with Crippen LogP contribution in [0.15, 0.2) is 6.20 Å². The summed E-state index contributed by atoms with van der Waals surface area (Å²) in [5.41, 5.74) is 1.03. The molecule has 1 aliphatic rings. The van der Waals surface area contributed by atoms with Gasteiger partial charge in [-0.2, -0.15) is 0 Å². The van der Waals surface area contributed by atoms with Crippen molar-refractivity contribution >= 4 is 0 Å². The first-order valence-electron chi connectivity index (χ1n) is 3.46. The minimum Gasteiger partial charge on any atom is -0.460 e. The number of ether oxygens (including phenoxy) is 1. The van der Waals surface area contributed by atoms with Crippen molar-refractivity contribution in [3.8, 4) is 6.01 Å². The minimum atomic E-state index is 0.295. The summed E-state index contributed by atoms with van der Waals surface area (Å²) in [5, 5.41) is 0. The first-order valence-corrected chi connectivity index (χ1v) is 3.46. The normalized spacial score (nSPS) is 22.4. The van der Waals surface area contributed by atoms with E-state index < -0.39 is 0 Å². The van der Waals surface area contributed by atoms with Crippen molar-refractivity contribution in [2.24, 2.45) is 0 Å². The smallest absolute Gasteiger partial charge is 0.296 e. The molecule has 0 amide bonds. The van der Waals surface area contributed by atoms with Crippen molar-refractivity contribution in [1.82, 2.24) is 9.55 Å². The Morgan fingerprint density at radius 3 is 3.30 bits per heavy atom. The number of nitrogens with zero attached hydrogens (tertiary/aromatic N) is 2. The predicted octanol–water partition coefficient (Wildman–Crippen LogP) is 0.972. The third-order valence-electron chi connectivity index (χ3n) is 1.62. The molecular formula is C7H10N2O. The van der Waals surface area contributed by atoms with Gasteiger partial charge in [-0.15, -0.1) is 0 Å². The number of imidazole rings is 1. The van der Waals surface area contributed by atoms with E-state index in [1.807, 2.05) is 24.6 Å². The maximum Gasteiger partial charge on any atom is 0.296 e. The number of rotatable bonds is 0. The van der Waals surface area contributed by atoms with Gasteiger partial charge in [-0.1, -0.05) is 0 Å². The minimum absolute atomic E-state index is 0.295. The van der Waals surface area contributed by atoms with E-state index >= 15 is 0 Å². The number of aryl methyl sites for hydroxylation is 1. The second-order valence-electron chi connectivity index (χ2n) is 2.75. The molecule has 0 bridgehead atoms. The van der Waals surface area contributed by atoms with Gasteiger partial charge < -0.3 is 4.74 Å². The average molecular weight is 138 g/mol.